The standard InChI is InChI=1S/C5H8O8S2/c6-14(7,8)12-4-2-1-3-5-13-15(9,10)11/h2,4-5H2,(H,6,7,8)(H,9,10,11). The monoisotopic (exact) mass is 260 g/mol. The SMILES string of the molecule is O=S(=O)(O)OCC#CCCOS(=O)(=O)O. The molecule has 0 aliphatic heterocycles. The van der Waals surface area contributed by atoms with E-state index in [1.807, 2.05) is 0 Å². The molecule has 15 heavy (non-hydrogen) atoms. The third-order valence-electron chi connectivity index (χ3n) is 0.864. The second kappa shape index (κ2) is 6.01. The van der Waals surface area contributed by atoms with Crippen LogP contribution in [-0.4, -0.2) is 39.2 Å². The van der Waals surface area contributed by atoms with Crippen molar-refractivity contribution < 1.29 is 34.3 Å². The summed E-state index contributed by atoms with van der Waals surface area (Å²) in [6, 6.07) is 0. The summed E-state index contributed by atoms with van der Waals surface area (Å²) in [7, 11) is -8.98. The number of rotatable bonds is 5. The Bertz CT molecular complexity index is 435. The average Bonchev–Trinajstić information content (AvgIpc) is 1.98. The molecule has 0 fully saturated rings. The molecule has 0 aliphatic carbocycles. The van der Waals surface area contributed by atoms with E-state index >= 15 is 0 Å². The van der Waals surface area contributed by atoms with Gasteiger partial charge >= 0.3 is 20.8 Å². The van der Waals surface area contributed by atoms with E-state index in [0.717, 1.165) is 0 Å². The van der Waals surface area contributed by atoms with Crippen molar-refractivity contribution in [3.8, 4) is 11.8 Å². The van der Waals surface area contributed by atoms with Crippen LogP contribution in [0.15, 0.2) is 0 Å². The Labute approximate surface area is 87.1 Å². The van der Waals surface area contributed by atoms with Crippen molar-refractivity contribution >= 4 is 20.8 Å². The average molecular weight is 260 g/mol. The molecular formula is C5H8O8S2. The first-order valence-corrected chi connectivity index (χ1v) is 6.13. The van der Waals surface area contributed by atoms with Gasteiger partial charge in [-0.15, -0.1) is 0 Å². The maximum Gasteiger partial charge on any atom is 0.398 e. The quantitative estimate of drug-likeness (QED) is 0.366. The van der Waals surface area contributed by atoms with Crippen molar-refractivity contribution in [2.45, 2.75) is 6.42 Å². The Hall–Kier alpha value is -0.700. The summed E-state index contributed by atoms with van der Waals surface area (Å²) in [4.78, 5) is 0. The van der Waals surface area contributed by atoms with Crippen LogP contribution in [-0.2, 0) is 29.2 Å². The molecule has 0 spiro atoms. The summed E-state index contributed by atoms with van der Waals surface area (Å²) in [5, 5.41) is 0. The fourth-order valence-electron chi connectivity index (χ4n) is 0.441. The van der Waals surface area contributed by atoms with Crippen LogP contribution in [0, 0.1) is 11.8 Å². The topological polar surface area (TPSA) is 127 Å². The fraction of sp³-hybridized carbons (Fsp3) is 0.600. The lowest BCUT2D eigenvalue weighted by molar-refractivity contribution is 0.275. The van der Waals surface area contributed by atoms with Crippen molar-refractivity contribution in [2.75, 3.05) is 13.2 Å². The first-order valence-electron chi connectivity index (χ1n) is 3.40. The van der Waals surface area contributed by atoms with Crippen LogP contribution in [0.4, 0.5) is 0 Å². The van der Waals surface area contributed by atoms with Gasteiger partial charge in [0.15, 0.2) is 0 Å². The molecule has 0 aromatic rings. The lowest BCUT2D eigenvalue weighted by Crippen LogP contribution is -2.04. The van der Waals surface area contributed by atoms with Crippen molar-refractivity contribution in [1.82, 2.24) is 0 Å². The van der Waals surface area contributed by atoms with E-state index in [-0.39, 0.29) is 13.0 Å². The van der Waals surface area contributed by atoms with Crippen LogP contribution >= 0.6 is 0 Å². The molecule has 0 atom stereocenters. The summed E-state index contributed by atoms with van der Waals surface area (Å²) < 4.78 is 63.8. The van der Waals surface area contributed by atoms with E-state index < -0.39 is 27.4 Å². The van der Waals surface area contributed by atoms with Gasteiger partial charge in [-0.05, 0) is 0 Å². The zero-order chi connectivity index (χ0) is 11.9. The maximum absolute atomic E-state index is 10.00. The molecule has 0 saturated heterocycles. The molecule has 0 unspecified atom stereocenters. The molecule has 10 heteroatoms. The molecule has 0 aliphatic rings. The van der Waals surface area contributed by atoms with Gasteiger partial charge in [0.1, 0.15) is 6.61 Å². The van der Waals surface area contributed by atoms with Gasteiger partial charge in [-0.1, -0.05) is 11.8 Å². The van der Waals surface area contributed by atoms with Gasteiger partial charge in [-0.25, -0.2) is 8.37 Å². The molecule has 0 aromatic carbocycles. The van der Waals surface area contributed by atoms with Gasteiger partial charge in [-0.3, -0.25) is 9.11 Å². The molecule has 0 heterocycles. The highest BCUT2D eigenvalue weighted by Crippen LogP contribution is 1.88. The van der Waals surface area contributed by atoms with Gasteiger partial charge in [-0.2, -0.15) is 16.8 Å². The fourth-order valence-corrected chi connectivity index (χ4v) is 0.943. The van der Waals surface area contributed by atoms with Crippen molar-refractivity contribution in [2.24, 2.45) is 0 Å². The van der Waals surface area contributed by atoms with E-state index in [9.17, 15) is 16.8 Å². The maximum atomic E-state index is 10.00. The number of hydrogen-bond donors (Lipinski definition) is 2. The Kier molecular flexibility index (Phi) is 5.73. The van der Waals surface area contributed by atoms with Crippen LogP contribution in [0.3, 0.4) is 0 Å². The Morgan fingerprint density at radius 3 is 1.93 bits per heavy atom. The van der Waals surface area contributed by atoms with Gasteiger partial charge in [0.05, 0.1) is 6.61 Å². The smallest absolute Gasteiger partial charge is 0.264 e. The van der Waals surface area contributed by atoms with Crippen LogP contribution in [0.5, 0.6) is 0 Å². The molecule has 0 rings (SSSR count). The minimum absolute atomic E-state index is 0.0470. The van der Waals surface area contributed by atoms with Crippen molar-refractivity contribution in [3.05, 3.63) is 0 Å². The van der Waals surface area contributed by atoms with Gasteiger partial charge in [0, 0.05) is 6.42 Å². The zero-order valence-electron chi connectivity index (χ0n) is 7.28. The summed E-state index contributed by atoms with van der Waals surface area (Å²) in [6.45, 7) is -0.914. The highest BCUT2D eigenvalue weighted by Gasteiger charge is 2.02. The molecule has 8 nitrogen and oxygen atoms in total. The molecule has 2 N–H and O–H groups in total. The van der Waals surface area contributed by atoms with E-state index in [2.05, 4.69) is 20.2 Å². The van der Waals surface area contributed by atoms with Crippen LogP contribution in [0.2, 0.25) is 0 Å². The molecule has 0 bridgehead atoms. The van der Waals surface area contributed by atoms with Gasteiger partial charge in [0.2, 0.25) is 0 Å². The second-order valence-corrected chi connectivity index (χ2v) is 4.23. The highest BCUT2D eigenvalue weighted by molar-refractivity contribution is 7.81. The molecule has 88 valence electrons. The van der Waals surface area contributed by atoms with E-state index in [1.54, 1.807) is 0 Å². The summed E-state index contributed by atoms with van der Waals surface area (Å²) in [5.74, 6) is 4.44. The van der Waals surface area contributed by atoms with Gasteiger partial charge in [0.25, 0.3) is 0 Å². The van der Waals surface area contributed by atoms with Crippen molar-refractivity contribution in [3.63, 3.8) is 0 Å². The highest BCUT2D eigenvalue weighted by atomic mass is 32.3. The second-order valence-electron chi connectivity index (χ2n) is 2.04. The predicted octanol–water partition coefficient (Wildman–Crippen LogP) is -0.981. The summed E-state index contributed by atoms with van der Waals surface area (Å²) in [5.41, 5.74) is 0. The van der Waals surface area contributed by atoms with Crippen LogP contribution < -0.4 is 0 Å². The van der Waals surface area contributed by atoms with E-state index in [1.165, 1.54) is 0 Å². The lowest BCUT2D eigenvalue weighted by Gasteiger charge is -1.93. The minimum Gasteiger partial charge on any atom is -0.264 e. The number of hydrogen-bond acceptors (Lipinski definition) is 6. The largest absolute Gasteiger partial charge is 0.398 e. The normalized spacial score (nSPS) is 11.9. The predicted molar refractivity (Wildman–Crippen MR) is 47.4 cm³/mol. The molecule has 0 radical (unpaired) electrons. The van der Waals surface area contributed by atoms with E-state index in [0.29, 0.717) is 0 Å². The van der Waals surface area contributed by atoms with Gasteiger partial charge < -0.3 is 0 Å². The first-order chi connectivity index (χ1) is 6.71. The molecule has 0 aromatic heterocycles. The van der Waals surface area contributed by atoms with Crippen LogP contribution in [0.1, 0.15) is 6.42 Å². The Morgan fingerprint density at radius 2 is 1.47 bits per heavy atom. The third kappa shape index (κ3) is 13.3. The minimum atomic E-state index is -4.51. The summed E-state index contributed by atoms with van der Waals surface area (Å²) in [6.07, 6.45) is -0.0470. The molecular weight excluding hydrogens is 252 g/mol. The molecule has 0 amide bonds. The van der Waals surface area contributed by atoms with Crippen molar-refractivity contribution in [1.29, 1.82) is 0 Å². The summed E-state index contributed by atoms with van der Waals surface area (Å²) >= 11 is 0. The van der Waals surface area contributed by atoms with E-state index in [4.69, 9.17) is 9.11 Å². The molecule has 0 saturated carbocycles. The first kappa shape index (κ1) is 14.3. The Balaban J connectivity index is 3.66. The third-order valence-corrected chi connectivity index (χ3v) is 1.74. The lowest BCUT2D eigenvalue weighted by atomic mass is 10.4. The van der Waals surface area contributed by atoms with Crippen LogP contribution in [0.25, 0.3) is 0 Å². The zero-order valence-corrected chi connectivity index (χ0v) is 8.91. The Morgan fingerprint density at radius 1 is 0.933 bits per heavy atom.